The van der Waals surface area contributed by atoms with E-state index in [1.807, 2.05) is 6.07 Å². The minimum atomic E-state index is -4.26. The van der Waals surface area contributed by atoms with Crippen molar-refractivity contribution in [1.29, 1.82) is 5.26 Å². The van der Waals surface area contributed by atoms with Gasteiger partial charge in [-0.05, 0) is 60.9 Å². The number of hydrogen-bond acceptors (Lipinski definition) is 9. The Bertz CT molecular complexity index is 1960. The van der Waals surface area contributed by atoms with E-state index in [2.05, 4.69) is 54.8 Å². The molecule has 48 heavy (non-hydrogen) atoms. The van der Waals surface area contributed by atoms with Crippen LogP contribution in [0.5, 0.6) is 0 Å². The lowest BCUT2D eigenvalue weighted by atomic mass is 10.0. The molecule has 10 nitrogen and oxygen atoms in total. The summed E-state index contributed by atoms with van der Waals surface area (Å²) < 4.78 is 66.5. The second-order valence-corrected chi connectivity index (χ2v) is 16.7. The van der Waals surface area contributed by atoms with Gasteiger partial charge in [0.1, 0.15) is 28.7 Å². The van der Waals surface area contributed by atoms with E-state index in [1.165, 1.54) is 23.7 Å². The zero-order valence-electron chi connectivity index (χ0n) is 27.0. The molecule has 3 aromatic heterocycles. The van der Waals surface area contributed by atoms with Gasteiger partial charge in [-0.25, -0.2) is 22.7 Å². The Labute approximate surface area is 282 Å². The Morgan fingerprint density at radius 3 is 2.42 bits per heavy atom. The van der Waals surface area contributed by atoms with Crippen molar-refractivity contribution in [3.05, 3.63) is 52.3 Å². The maximum absolute atomic E-state index is 12.9. The van der Waals surface area contributed by atoms with Crippen molar-refractivity contribution in [2.75, 3.05) is 57.4 Å². The van der Waals surface area contributed by atoms with Gasteiger partial charge in [0.25, 0.3) is 0 Å². The highest BCUT2D eigenvalue weighted by molar-refractivity contribution is 7.88. The molecule has 6 heterocycles. The van der Waals surface area contributed by atoms with E-state index >= 15 is 0 Å². The van der Waals surface area contributed by atoms with Gasteiger partial charge in [-0.2, -0.15) is 18.4 Å². The molecule has 0 saturated carbocycles. The van der Waals surface area contributed by atoms with Crippen LogP contribution in [0.4, 0.5) is 19.0 Å². The summed E-state index contributed by atoms with van der Waals surface area (Å²) in [5.74, 6) is 1.33. The number of halogens is 3. The van der Waals surface area contributed by atoms with Crippen LogP contribution < -0.4 is 5.32 Å². The first kappa shape index (κ1) is 33.2. The average molecular weight is 701 g/mol. The molecule has 3 aliphatic heterocycles. The first-order chi connectivity index (χ1) is 22.8. The van der Waals surface area contributed by atoms with Crippen molar-refractivity contribution in [2.45, 2.75) is 51.5 Å². The predicted octanol–water partition coefficient (Wildman–Crippen LogP) is 4.83. The second kappa shape index (κ2) is 12.9. The molecule has 0 radical (unpaired) electrons. The maximum Gasteiger partial charge on any atom is 0.393 e. The number of aromatic nitrogens is 3. The summed E-state index contributed by atoms with van der Waals surface area (Å²) in [5, 5.41) is 15.2. The molecular weight excluding hydrogens is 662 g/mol. The molecule has 4 aromatic rings. The minimum absolute atomic E-state index is 0.162. The van der Waals surface area contributed by atoms with Gasteiger partial charge in [0.15, 0.2) is 0 Å². The number of rotatable bonds is 9. The Morgan fingerprint density at radius 1 is 1.02 bits per heavy atom. The molecule has 2 atom stereocenters. The largest absolute Gasteiger partial charge is 0.393 e. The van der Waals surface area contributed by atoms with Crippen LogP contribution in [0.3, 0.4) is 0 Å². The molecule has 15 heteroatoms. The van der Waals surface area contributed by atoms with Crippen LogP contribution in [0.1, 0.15) is 34.5 Å². The van der Waals surface area contributed by atoms with Crippen molar-refractivity contribution in [2.24, 2.45) is 11.8 Å². The molecule has 256 valence electrons. The number of nitriles is 1. The first-order valence-electron chi connectivity index (χ1n) is 16.3. The molecule has 3 fully saturated rings. The monoisotopic (exact) mass is 700 g/mol. The van der Waals surface area contributed by atoms with E-state index in [9.17, 15) is 26.9 Å². The van der Waals surface area contributed by atoms with Crippen molar-refractivity contribution in [1.82, 2.24) is 28.6 Å². The number of piperidine rings is 1. The quantitative estimate of drug-likeness (QED) is 0.265. The number of alkyl halides is 3. The number of nitrogens with one attached hydrogen (secondary N) is 1. The number of likely N-dealkylation sites (tertiary alicyclic amines) is 2. The van der Waals surface area contributed by atoms with Gasteiger partial charge < -0.3 is 14.8 Å². The number of fused-ring (bicyclic) bond motifs is 3. The molecule has 3 aliphatic rings. The van der Waals surface area contributed by atoms with E-state index in [4.69, 9.17) is 0 Å². The molecule has 1 N–H and O–H groups in total. The van der Waals surface area contributed by atoms with Crippen molar-refractivity contribution < 1.29 is 21.6 Å². The number of aryl methyl sites for hydroxylation is 1. The van der Waals surface area contributed by atoms with Gasteiger partial charge in [-0.15, -0.1) is 11.3 Å². The van der Waals surface area contributed by atoms with Gasteiger partial charge >= 0.3 is 6.18 Å². The molecule has 2 unspecified atom stereocenters. The lowest BCUT2D eigenvalue weighted by molar-refractivity contribution is -0.126. The first-order valence-corrected chi connectivity index (χ1v) is 19.0. The lowest BCUT2D eigenvalue weighted by Gasteiger charge is -2.33. The van der Waals surface area contributed by atoms with E-state index in [-0.39, 0.29) is 10.9 Å². The van der Waals surface area contributed by atoms with Crippen LogP contribution in [-0.4, -0.2) is 101 Å². The fourth-order valence-corrected chi connectivity index (χ4v) is 9.69. The fourth-order valence-electron chi connectivity index (χ4n) is 7.74. The Kier molecular flexibility index (Phi) is 8.91. The molecule has 3 saturated heterocycles. The highest BCUT2D eigenvalue weighted by Crippen LogP contribution is 2.35. The molecule has 1 aromatic carbocycles. The smallest absolute Gasteiger partial charge is 0.367 e. The number of nitrogens with zero attached hydrogens (tertiary/aromatic N) is 7. The highest BCUT2D eigenvalue weighted by Gasteiger charge is 2.42. The Hall–Kier alpha value is -3.29. The lowest BCUT2D eigenvalue weighted by Crippen LogP contribution is -2.39. The molecule has 0 aliphatic carbocycles. The Morgan fingerprint density at radius 2 is 1.75 bits per heavy atom. The SMILES string of the molecule is Cc1c(CN2CCC(Nc3ncnc4sc(CC(F)(F)F)cc34)CC2)ccc2c1cc(C#N)n2CCN1CC2CN(S(C)(=O)=O)CC2C1. The number of hydrogen-bond donors (Lipinski definition) is 1. The van der Waals surface area contributed by atoms with E-state index in [1.54, 1.807) is 10.4 Å². The predicted molar refractivity (Wildman–Crippen MR) is 180 cm³/mol. The summed E-state index contributed by atoms with van der Waals surface area (Å²) in [6.45, 7) is 9.15. The highest BCUT2D eigenvalue weighted by atomic mass is 32.2. The third kappa shape index (κ3) is 6.91. The third-order valence-corrected chi connectivity index (χ3v) is 12.6. The molecule has 0 amide bonds. The minimum Gasteiger partial charge on any atom is -0.367 e. The van der Waals surface area contributed by atoms with Crippen molar-refractivity contribution in [3.8, 4) is 6.07 Å². The summed E-state index contributed by atoms with van der Waals surface area (Å²) in [7, 11) is -3.15. The third-order valence-electron chi connectivity index (χ3n) is 10.3. The van der Waals surface area contributed by atoms with Gasteiger partial charge in [0, 0.05) is 80.7 Å². The van der Waals surface area contributed by atoms with Crippen LogP contribution >= 0.6 is 11.3 Å². The molecule has 7 rings (SSSR count). The fraction of sp³-hybridized carbons (Fsp3) is 0.545. The molecule has 0 bridgehead atoms. The Balaban J connectivity index is 0.960. The normalized spacial score (nSPS) is 21.8. The van der Waals surface area contributed by atoms with Crippen LogP contribution in [-0.2, 0) is 29.5 Å². The number of thiophene rings is 1. The molecule has 0 spiro atoms. The summed E-state index contributed by atoms with van der Waals surface area (Å²) in [4.78, 5) is 14.2. The maximum atomic E-state index is 12.9. The van der Waals surface area contributed by atoms with E-state index in [0.717, 1.165) is 74.3 Å². The topological polar surface area (TPSA) is 110 Å². The number of sulfonamides is 1. The number of anilines is 1. The van der Waals surface area contributed by atoms with Crippen LogP contribution in [0.15, 0.2) is 30.6 Å². The number of benzene rings is 1. The standard InChI is InChI=1S/C33H39F3N8O2S2/c1-21-22(15-41-7-5-25(6-8-41)40-31-29-12-27(13-33(34,35)36)47-32(29)39-20-38-31)3-4-30-28(21)11-26(14-37)44(30)10-9-42-16-23-18-43(48(2,45)46)19-24(23)17-42/h3-4,11-12,20,23-25H,5-10,13,15-19H2,1-2H3,(H,38,39,40). The van der Waals surface area contributed by atoms with Crippen LogP contribution in [0.25, 0.3) is 21.1 Å². The summed E-state index contributed by atoms with van der Waals surface area (Å²) in [6, 6.07) is 10.4. The van der Waals surface area contributed by atoms with Gasteiger partial charge in [-0.1, -0.05) is 6.07 Å². The average Bonchev–Trinajstić information content (AvgIpc) is 3.78. The van der Waals surface area contributed by atoms with E-state index < -0.39 is 22.6 Å². The van der Waals surface area contributed by atoms with Crippen LogP contribution in [0, 0.1) is 30.1 Å². The summed E-state index contributed by atoms with van der Waals surface area (Å²) >= 11 is 1.06. The summed E-state index contributed by atoms with van der Waals surface area (Å²) in [6.07, 6.45) is -0.770. The van der Waals surface area contributed by atoms with E-state index in [0.29, 0.717) is 53.2 Å². The summed E-state index contributed by atoms with van der Waals surface area (Å²) in [5.41, 5.74) is 4.11. The zero-order valence-corrected chi connectivity index (χ0v) is 28.6. The van der Waals surface area contributed by atoms with Crippen molar-refractivity contribution in [3.63, 3.8) is 0 Å². The van der Waals surface area contributed by atoms with Gasteiger partial charge in [0.2, 0.25) is 10.0 Å². The second-order valence-electron chi connectivity index (χ2n) is 13.6. The molecular formula is C33H39F3N8O2S2. The van der Waals surface area contributed by atoms with Crippen LogP contribution in [0.2, 0.25) is 0 Å². The van der Waals surface area contributed by atoms with Gasteiger partial charge in [-0.3, -0.25) is 4.90 Å². The van der Waals surface area contributed by atoms with Crippen molar-refractivity contribution >= 4 is 48.3 Å². The zero-order chi connectivity index (χ0) is 33.8. The van der Waals surface area contributed by atoms with Gasteiger partial charge in [0.05, 0.1) is 18.1 Å².